The van der Waals surface area contributed by atoms with Crippen LogP contribution in [-0.2, 0) is 12.4 Å². The van der Waals surface area contributed by atoms with Gasteiger partial charge in [0.05, 0.1) is 17.3 Å². The van der Waals surface area contributed by atoms with E-state index in [9.17, 15) is 40.4 Å². The fourth-order valence-electron chi connectivity index (χ4n) is 2.72. The molecule has 0 fully saturated rings. The predicted octanol–water partition coefficient (Wildman–Crippen LogP) is 6.91. The van der Waals surface area contributed by atoms with E-state index >= 15 is 0 Å². The molecule has 0 unspecified atom stereocenters. The Balaban J connectivity index is 2.10. The summed E-state index contributed by atoms with van der Waals surface area (Å²) in [6, 6.07) is 7.64. The third-order valence-electron chi connectivity index (χ3n) is 4.18. The summed E-state index contributed by atoms with van der Waals surface area (Å²) in [6.07, 6.45) is -9.21. The van der Waals surface area contributed by atoms with Crippen LogP contribution >= 0.6 is 11.6 Å². The van der Waals surface area contributed by atoms with Gasteiger partial charge in [-0.05, 0) is 29.8 Å². The van der Waals surface area contributed by atoms with Gasteiger partial charge in [-0.3, -0.25) is 0 Å². The SMILES string of the molecule is N#CC(=Cc1ccc(-n2nc(C(F)(F)F)cc2C(F)(F)F)cc1Cl)c1cccc(F)c1F. The summed E-state index contributed by atoms with van der Waals surface area (Å²) in [5, 5.41) is 12.0. The number of benzene rings is 2. The van der Waals surface area contributed by atoms with Crippen molar-refractivity contribution in [2.24, 2.45) is 0 Å². The summed E-state index contributed by atoms with van der Waals surface area (Å²) in [7, 11) is 0. The van der Waals surface area contributed by atoms with Gasteiger partial charge in [0.2, 0.25) is 0 Å². The highest BCUT2D eigenvalue weighted by molar-refractivity contribution is 6.32. The van der Waals surface area contributed by atoms with Gasteiger partial charge in [0.25, 0.3) is 0 Å². The maximum atomic E-state index is 14.0. The lowest BCUT2D eigenvalue weighted by Crippen LogP contribution is -2.13. The Morgan fingerprint density at radius 3 is 2.25 bits per heavy atom. The van der Waals surface area contributed by atoms with Crippen molar-refractivity contribution >= 4 is 23.3 Å². The quantitative estimate of drug-likeness (QED) is 0.234. The molecule has 3 rings (SSSR count). The molecule has 0 aliphatic rings. The van der Waals surface area contributed by atoms with Gasteiger partial charge < -0.3 is 0 Å². The highest BCUT2D eigenvalue weighted by Gasteiger charge is 2.42. The topological polar surface area (TPSA) is 41.6 Å². The first-order chi connectivity index (χ1) is 14.8. The monoisotopic (exact) mass is 477 g/mol. The lowest BCUT2D eigenvalue weighted by molar-refractivity contribution is -0.143. The molecule has 0 radical (unpaired) electrons. The fourth-order valence-corrected chi connectivity index (χ4v) is 2.95. The summed E-state index contributed by atoms with van der Waals surface area (Å²) in [5.74, 6) is -2.50. The van der Waals surface area contributed by atoms with Crippen molar-refractivity contribution in [1.29, 1.82) is 5.26 Å². The molecule has 166 valence electrons. The zero-order valence-corrected chi connectivity index (χ0v) is 16.1. The predicted molar refractivity (Wildman–Crippen MR) is 98.4 cm³/mol. The molecule has 3 nitrogen and oxygen atoms in total. The third kappa shape index (κ3) is 4.60. The van der Waals surface area contributed by atoms with E-state index < -0.39 is 41.1 Å². The summed E-state index contributed by atoms with van der Waals surface area (Å²) in [6.45, 7) is 0. The molecule has 2 aromatic carbocycles. The van der Waals surface area contributed by atoms with Gasteiger partial charge in [0.1, 0.15) is 5.69 Å². The van der Waals surface area contributed by atoms with Crippen molar-refractivity contribution in [1.82, 2.24) is 9.78 Å². The first-order valence-corrected chi connectivity index (χ1v) is 8.81. The van der Waals surface area contributed by atoms with Gasteiger partial charge in [0.15, 0.2) is 17.3 Å². The normalized spacial score (nSPS) is 12.7. The van der Waals surface area contributed by atoms with Crippen molar-refractivity contribution in [3.05, 3.63) is 81.6 Å². The molecule has 0 saturated heterocycles. The number of rotatable bonds is 3. The largest absolute Gasteiger partial charge is 0.435 e. The van der Waals surface area contributed by atoms with E-state index in [-0.39, 0.29) is 32.5 Å². The number of alkyl halides is 6. The van der Waals surface area contributed by atoms with Gasteiger partial charge in [0, 0.05) is 16.7 Å². The van der Waals surface area contributed by atoms with Crippen LogP contribution in [0.15, 0.2) is 42.5 Å². The Bertz CT molecular complexity index is 1250. The molecule has 0 saturated carbocycles. The van der Waals surface area contributed by atoms with Crippen LogP contribution in [0.25, 0.3) is 17.3 Å². The third-order valence-corrected chi connectivity index (χ3v) is 4.51. The second kappa shape index (κ2) is 8.27. The molecular formula is C20H8ClF8N3. The lowest BCUT2D eigenvalue weighted by atomic mass is 10.0. The molecular weight excluding hydrogens is 470 g/mol. The molecule has 32 heavy (non-hydrogen) atoms. The molecule has 0 spiro atoms. The number of hydrogen-bond donors (Lipinski definition) is 0. The van der Waals surface area contributed by atoms with Crippen LogP contribution in [0.4, 0.5) is 35.1 Å². The molecule has 1 aromatic heterocycles. The van der Waals surface area contributed by atoms with Crippen LogP contribution in [-0.4, -0.2) is 9.78 Å². The molecule has 0 bridgehead atoms. The van der Waals surface area contributed by atoms with E-state index in [2.05, 4.69) is 5.10 Å². The van der Waals surface area contributed by atoms with Crippen LogP contribution in [0.2, 0.25) is 5.02 Å². The minimum absolute atomic E-state index is 0.0207. The second-order valence-corrected chi connectivity index (χ2v) is 6.71. The highest BCUT2D eigenvalue weighted by atomic mass is 35.5. The molecule has 0 atom stereocenters. The molecule has 0 amide bonds. The van der Waals surface area contributed by atoms with Gasteiger partial charge >= 0.3 is 12.4 Å². The fraction of sp³-hybridized carbons (Fsp3) is 0.100. The highest BCUT2D eigenvalue weighted by Crippen LogP contribution is 2.37. The van der Waals surface area contributed by atoms with Crippen LogP contribution < -0.4 is 0 Å². The van der Waals surface area contributed by atoms with Crippen LogP contribution in [0, 0.1) is 23.0 Å². The van der Waals surface area contributed by atoms with Gasteiger partial charge in [-0.25, -0.2) is 13.5 Å². The Labute approximate surface area is 179 Å². The Morgan fingerprint density at radius 1 is 1.00 bits per heavy atom. The molecule has 0 N–H and O–H groups in total. The van der Waals surface area contributed by atoms with Crippen molar-refractivity contribution < 1.29 is 35.1 Å². The van der Waals surface area contributed by atoms with E-state index in [1.54, 1.807) is 6.07 Å². The van der Waals surface area contributed by atoms with Crippen molar-refractivity contribution in [2.75, 3.05) is 0 Å². The number of nitrogens with zero attached hydrogens (tertiary/aromatic N) is 3. The first-order valence-electron chi connectivity index (χ1n) is 8.43. The minimum Gasteiger partial charge on any atom is -0.228 e. The lowest BCUT2D eigenvalue weighted by Gasteiger charge is -2.11. The van der Waals surface area contributed by atoms with E-state index in [0.717, 1.165) is 42.5 Å². The van der Waals surface area contributed by atoms with Gasteiger partial charge in [-0.15, -0.1) is 0 Å². The molecule has 0 aliphatic carbocycles. The van der Waals surface area contributed by atoms with E-state index in [0.29, 0.717) is 0 Å². The van der Waals surface area contributed by atoms with Crippen LogP contribution in [0.5, 0.6) is 0 Å². The van der Waals surface area contributed by atoms with E-state index in [4.69, 9.17) is 11.6 Å². The van der Waals surface area contributed by atoms with Crippen molar-refractivity contribution in [3.63, 3.8) is 0 Å². The smallest absolute Gasteiger partial charge is 0.228 e. The summed E-state index contributed by atoms with van der Waals surface area (Å²) in [5.41, 5.74) is -4.57. The van der Waals surface area contributed by atoms with E-state index in [1.807, 2.05) is 0 Å². The van der Waals surface area contributed by atoms with E-state index in [1.165, 1.54) is 0 Å². The average molecular weight is 478 g/mol. The molecule has 12 heteroatoms. The number of allylic oxidation sites excluding steroid dienone is 1. The number of nitriles is 1. The maximum Gasteiger partial charge on any atom is 0.435 e. The minimum atomic E-state index is -5.15. The van der Waals surface area contributed by atoms with Crippen molar-refractivity contribution in [3.8, 4) is 11.8 Å². The van der Waals surface area contributed by atoms with Gasteiger partial charge in [-0.1, -0.05) is 29.8 Å². The standard InChI is InChI=1S/C20H8ClF8N3/c21-14-7-12(32-17(20(27,28)29)8-16(31-32)19(24,25)26)5-4-10(14)6-11(9-30)13-2-1-3-15(22)18(13)23/h1-8H. The Hall–Kier alpha value is -3.39. The Morgan fingerprint density at radius 2 is 1.69 bits per heavy atom. The summed E-state index contributed by atoms with van der Waals surface area (Å²) >= 11 is 6.04. The molecule has 0 aliphatic heterocycles. The van der Waals surface area contributed by atoms with Crippen LogP contribution in [0.3, 0.4) is 0 Å². The maximum absolute atomic E-state index is 14.0. The average Bonchev–Trinajstić information content (AvgIpc) is 3.16. The zero-order valence-electron chi connectivity index (χ0n) is 15.4. The van der Waals surface area contributed by atoms with Gasteiger partial charge in [-0.2, -0.15) is 36.7 Å². The zero-order chi connectivity index (χ0) is 23.8. The second-order valence-electron chi connectivity index (χ2n) is 6.30. The van der Waals surface area contributed by atoms with Crippen molar-refractivity contribution in [2.45, 2.75) is 12.4 Å². The number of hydrogen-bond acceptors (Lipinski definition) is 2. The molecule has 3 aromatic rings. The van der Waals surface area contributed by atoms with Crippen LogP contribution in [0.1, 0.15) is 22.5 Å². The molecule has 1 heterocycles. The Kier molecular flexibility index (Phi) is 6.02. The summed E-state index contributed by atoms with van der Waals surface area (Å²) in [4.78, 5) is 0. The number of aromatic nitrogens is 2. The number of halogens is 9. The first kappa shape index (κ1) is 23.3. The summed E-state index contributed by atoms with van der Waals surface area (Å²) < 4.78 is 106.